The summed E-state index contributed by atoms with van der Waals surface area (Å²) in [5.41, 5.74) is 1.40. The maximum Gasteiger partial charge on any atom is 0.161 e. The first-order valence-electron chi connectivity index (χ1n) is 7.38. The Bertz CT molecular complexity index is 433. The van der Waals surface area contributed by atoms with Gasteiger partial charge < -0.3 is 9.47 Å². The third-order valence-corrected chi connectivity index (χ3v) is 5.23. The molecule has 2 aliphatic rings. The van der Waals surface area contributed by atoms with Gasteiger partial charge in [0.05, 0.1) is 13.2 Å². The molecule has 0 N–H and O–H groups in total. The van der Waals surface area contributed by atoms with E-state index in [9.17, 15) is 0 Å². The summed E-state index contributed by atoms with van der Waals surface area (Å²) in [7, 11) is 0. The molecule has 3 rings (SSSR count). The smallest absolute Gasteiger partial charge is 0.161 e. The van der Waals surface area contributed by atoms with Crippen LogP contribution in [0, 0.1) is 0 Å². The number of fused-ring (bicyclic) bond motifs is 1. The molecule has 1 aromatic carbocycles. The van der Waals surface area contributed by atoms with Crippen molar-refractivity contribution in [1.82, 2.24) is 0 Å². The zero-order chi connectivity index (χ0) is 13.1. The lowest BCUT2D eigenvalue weighted by molar-refractivity contribution is 0.297. The third kappa shape index (κ3) is 3.07. The lowest BCUT2D eigenvalue weighted by atomic mass is 9.91. The third-order valence-electron chi connectivity index (χ3n) is 4.13. The van der Waals surface area contributed by atoms with Crippen LogP contribution in [0.1, 0.15) is 50.0 Å². The number of rotatable bonds is 1. The highest BCUT2D eigenvalue weighted by molar-refractivity contribution is 9.09. The highest BCUT2D eigenvalue weighted by Crippen LogP contribution is 2.40. The fourth-order valence-electron chi connectivity index (χ4n) is 3.05. The largest absolute Gasteiger partial charge is 0.490 e. The Hall–Kier alpha value is -0.700. The minimum absolute atomic E-state index is 0.597. The molecule has 1 aliphatic heterocycles. The molecule has 19 heavy (non-hydrogen) atoms. The van der Waals surface area contributed by atoms with Crippen molar-refractivity contribution in [3.63, 3.8) is 0 Å². The van der Waals surface area contributed by atoms with E-state index in [4.69, 9.17) is 9.47 Å². The molecule has 0 amide bonds. The number of alkyl halides is 1. The van der Waals surface area contributed by atoms with Crippen LogP contribution in [0.4, 0.5) is 0 Å². The molecule has 2 unspecified atom stereocenters. The lowest BCUT2D eigenvalue weighted by Gasteiger charge is -2.21. The molecule has 1 fully saturated rings. The lowest BCUT2D eigenvalue weighted by Crippen LogP contribution is -2.10. The van der Waals surface area contributed by atoms with Gasteiger partial charge in [0.25, 0.3) is 0 Å². The van der Waals surface area contributed by atoms with Gasteiger partial charge >= 0.3 is 0 Å². The van der Waals surface area contributed by atoms with E-state index in [2.05, 4.69) is 34.1 Å². The van der Waals surface area contributed by atoms with Crippen LogP contribution in [0.2, 0.25) is 0 Å². The van der Waals surface area contributed by atoms with Gasteiger partial charge in [-0.1, -0.05) is 41.3 Å². The molecule has 1 heterocycles. The van der Waals surface area contributed by atoms with Crippen LogP contribution >= 0.6 is 15.9 Å². The summed E-state index contributed by atoms with van der Waals surface area (Å²) in [6, 6.07) is 6.50. The maximum atomic E-state index is 5.81. The molecule has 1 aromatic rings. The quantitative estimate of drug-likeness (QED) is 0.552. The van der Waals surface area contributed by atoms with Crippen molar-refractivity contribution in [2.75, 3.05) is 13.2 Å². The van der Waals surface area contributed by atoms with Crippen molar-refractivity contribution in [3.8, 4) is 11.5 Å². The number of hydrogen-bond acceptors (Lipinski definition) is 2. The molecule has 0 aromatic heterocycles. The second-order valence-corrected chi connectivity index (χ2v) is 6.69. The van der Waals surface area contributed by atoms with E-state index < -0.39 is 0 Å². The van der Waals surface area contributed by atoms with Gasteiger partial charge in [-0.2, -0.15) is 0 Å². The molecule has 3 heteroatoms. The summed E-state index contributed by atoms with van der Waals surface area (Å²) in [5.74, 6) is 2.44. The van der Waals surface area contributed by atoms with E-state index in [0.717, 1.165) is 31.1 Å². The van der Waals surface area contributed by atoms with Gasteiger partial charge in [-0.25, -0.2) is 0 Å². The molecule has 2 atom stereocenters. The van der Waals surface area contributed by atoms with Gasteiger partial charge in [0, 0.05) is 11.2 Å². The first-order chi connectivity index (χ1) is 9.34. The first-order valence-corrected chi connectivity index (χ1v) is 8.30. The van der Waals surface area contributed by atoms with Gasteiger partial charge in [0.15, 0.2) is 11.5 Å². The van der Waals surface area contributed by atoms with Crippen molar-refractivity contribution in [2.45, 2.75) is 49.3 Å². The molecule has 0 radical (unpaired) electrons. The average Bonchev–Trinajstić information content (AvgIpc) is 2.77. The number of benzene rings is 1. The van der Waals surface area contributed by atoms with E-state index in [1.807, 2.05) is 0 Å². The zero-order valence-corrected chi connectivity index (χ0v) is 12.8. The van der Waals surface area contributed by atoms with E-state index >= 15 is 0 Å². The number of hydrogen-bond donors (Lipinski definition) is 0. The molecule has 0 bridgehead atoms. The molecule has 2 nitrogen and oxygen atoms in total. The summed E-state index contributed by atoms with van der Waals surface area (Å²) in [6.45, 7) is 1.52. The van der Waals surface area contributed by atoms with E-state index in [1.54, 1.807) is 0 Å². The predicted octanol–water partition coefficient (Wildman–Crippen LogP) is 4.66. The highest BCUT2D eigenvalue weighted by Gasteiger charge is 2.24. The maximum absolute atomic E-state index is 5.81. The summed E-state index contributed by atoms with van der Waals surface area (Å²) < 4.78 is 11.5. The Labute approximate surface area is 123 Å². The molecule has 1 saturated carbocycles. The minimum atomic E-state index is 0.597. The van der Waals surface area contributed by atoms with Crippen LogP contribution in [0.3, 0.4) is 0 Å². The van der Waals surface area contributed by atoms with Gasteiger partial charge in [-0.05, 0) is 36.5 Å². The normalized spacial score (nSPS) is 27.4. The molecule has 104 valence electrons. The number of halogens is 1. The topological polar surface area (TPSA) is 18.5 Å². The Morgan fingerprint density at radius 1 is 0.895 bits per heavy atom. The summed E-state index contributed by atoms with van der Waals surface area (Å²) >= 11 is 3.88. The molecule has 0 spiro atoms. The Morgan fingerprint density at radius 3 is 2.58 bits per heavy atom. The van der Waals surface area contributed by atoms with Crippen LogP contribution in [-0.4, -0.2) is 18.0 Å². The summed E-state index contributed by atoms with van der Waals surface area (Å²) in [5, 5.41) is 0. The monoisotopic (exact) mass is 324 g/mol. The minimum Gasteiger partial charge on any atom is -0.490 e. The fraction of sp³-hybridized carbons (Fsp3) is 0.625. The van der Waals surface area contributed by atoms with Crippen LogP contribution in [0.25, 0.3) is 0 Å². The van der Waals surface area contributed by atoms with Crippen molar-refractivity contribution < 1.29 is 9.47 Å². The second-order valence-electron chi connectivity index (χ2n) is 5.52. The van der Waals surface area contributed by atoms with Gasteiger partial charge in [0.2, 0.25) is 0 Å². The molecule has 1 aliphatic carbocycles. The zero-order valence-electron chi connectivity index (χ0n) is 11.2. The van der Waals surface area contributed by atoms with Crippen molar-refractivity contribution in [3.05, 3.63) is 23.8 Å². The Morgan fingerprint density at radius 2 is 1.68 bits per heavy atom. The van der Waals surface area contributed by atoms with E-state index in [0.29, 0.717) is 10.7 Å². The Kier molecular flexibility index (Phi) is 4.31. The molecule has 0 saturated heterocycles. The molecular formula is C16H21BrO2. The molecular weight excluding hydrogens is 304 g/mol. The second kappa shape index (κ2) is 6.17. The van der Waals surface area contributed by atoms with E-state index in [1.165, 1.54) is 37.7 Å². The van der Waals surface area contributed by atoms with E-state index in [-0.39, 0.29) is 0 Å². The predicted molar refractivity (Wildman–Crippen MR) is 80.6 cm³/mol. The standard InChI is InChI=1S/C16H21BrO2/c17-14-6-3-1-2-5-13(14)12-7-8-15-16(11-12)19-10-4-9-18-15/h7-8,11,13-14H,1-6,9-10H2. The Balaban J connectivity index is 1.85. The average molecular weight is 325 g/mol. The van der Waals surface area contributed by atoms with Gasteiger partial charge in [-0.3, -0.25) is 0 Å². The summed E-state index contributed by atoms with van der Waals surface area (Å²) in [6.07, 6.45) is 7.56. The highest BCUT2D eigenvalue weighted by atomic mass is 79.9. The van der Waals surface area contributed by atoms with Crippen molar-refractivity contribution in [1.29, 1.82) is 0 Å². The SMILES string of the molecule is BrC1CCCCCC1c1ccc2c(c1)OCCCO2. The fourth-order valence-corrected chi connectivity index (χ4v) is 3.94. The van der Waals surface area contributed by atoms with Crippen LogP contribution in [0.15, 0.2) is 18.2 Å². The summed E-state index contributed by atoms with van der Waals surface area (Å²) in [4.78, 5) is 0.597. The van der Waals surface area contributed by atoms with Crippen molar-refractivity contribution in [2.24, 2.45) is 0 Å². The van der Waals surface area contributed by atoms with Gasteiger partial charge in [-0.15, -0.1) is 0 Å². The number of ether oxygens (including phenoxy) is 2. The van der Waals surface area contributed by atoms with Crippen LogP contribution in [0.5, 0.6) is 11.5 Å². The van der Waals surface area contributed by atoms with Crippen LogP contribution in [-0.2, 0) is 0 Å². The van der Waals surface area contributed by atoms with Gasteiger partial charge in [0.1, 0.15) is 0 Å². The first kappa shape index (κ1) is 13.3. The van der Waals surface area contributed by atoms with Crippen LogP contribution < -0.4 is 9.47 Å². The van der Waals surface area contributed by atoms with Crippen molar-refractivity contribution >= 4 is 15.9 Å².